The number of rotatable bonds is 4. The van der Waals surface area contributed by atoms with Gasteiger partial charge in [0.2, 0.25) is 0 Å². The van der Waals surface area contributed by atoms with Crippen LogP contribution in [0.2, 0.25) is 5.04 Å². The molecule has 35 heavy (non-hydrogen) atoms. The number of carbonyl (C=O) groups excluding carboxylic acids is 1. The van der Waals surface area contributed by atoms with E-state index in [0.29, 0.717) is 5.92 Å². The van der Waals surface area contributed by atoms with Crippen LogP contribution in [0.15, 0.2) is 60.7 Å². The molecule has 3 heterocycles. The number of piperidine rings is 2. The maximum atomic E-state index is 13.4. The Kier molecular flexibility index (Phi) is 6.13. The molecule has 3 aliphatic heterocycles. The van der Waals surface area contributed by atoms with Gasteiger partial charge in [-0.1, -0.05) is 81.4 Å². The zero-order chi connectivity index (χ0) is 25.0. The van der Waals surface area contributed by atoms with Gasteiger partial charge in [0.05, 0.1) is 24.2 Å². The summed E-state index contributed by atoms with van der Waals surface area (Å²) in [4.78, 5) is 15.5. The molecule has 3 aliphatic rings. The van der Waals surface area contributed by atoms with Crippen molar-refractivity contribution in [3.63, 3.8) is 0 Å². The Hall–Kier alpha value is -2.15. The SMILES string of the molecule is CC(C)(C)OC(=O)N1C2CC3CNC2C(O[Si](c2ccccc2)(c2ccccc2)C(C)(C)C)C1C3. The van der Waals surface area contributed by atoms with Crippen LogP contribution in [0.3, 0.4) is 0 Å². The summed E-state index contributed by atoms with van der Waals surface area (Å²) in [5.74, 6) is 0.577. The van der Waals surface area contributed by atoms with E-state index in [1.807, 2.05) is 25.7 Å². The third-order valence-electron chi connectivity index (χ3n) is 7.99. The fourth-order valence-corrected chi connectivity index (χ4v) is 11.4. The number of ether oxygens (including phenoxy) is 1. The highest BCUT2D eigenvalue weighted by Crippen LogP contribution is 2.47. The largest absolute Gasteiger partial charge is 0.444 e. The summed E-state index contributed by atoms with van der Waals surface area (Å²) >= 11 is 0. The minimum Gasteiger partial charge on any atom is -0.444 e. The van der Waals surface area contributed by atoms with Crippen molar-refractivity contribution in [2.75, 3.05) is 6.54 Å². The molecule has 0 aromatic heterocycles. The lowest BCUT2D eigenvalue weighted by atomic mass is 9.88. The summed E-state index contributed by atoms with van der Waals surface area (Å²) in [6.45, 7) is 13.8. The summed E-state index contributed by atoms with van der Waals surface area (Å²) in [5, 5.41) is 6.24. The van der Waals surface area contributed by atoms with E-state index in [9.17, 15) is 4.79 Å². The molecule has 2 aromatic carbocycles. The first-order chi connectivity index (χ1) is 16.5. The van der Waals surface area contributed by atoms with Crippen molar-refractivity contribution >= 4 is 24.8 Å². The molecule has 0 spiro atoms. The normalized spacial score (nSPS) is 28.3. The van der Waals surface area contributed by atoms with Gasteiger partial charge < -0.3 is 14.5 Å². The van der Waals surface area contributed by atoms with Crippen LogP contribution in [0.25, 0.3) is 0 Å². The number of carbonyl (C=O) groups is 1. The Bertz CT molecular complexity index is 1010. The quantitative estimate of drug-likeness (QED) is 0.647. The molecule has 5 rings (SSSR count). The second-order valence-electron chi connectivity index (χ2n) is 12.5. The van der Waals surface area contributed by atoms with E-state index < -0.39 is 13.9 Å². The van der Waals surface area contributed by atoms with Crippen molar-refractivity contribution in [2.24, 2.45) is 5.92 Å². The summed E-state index contributed by atoms with van der Waals surface area (Å²) < 4.78 is 13.5. The lowest BCUT2D eigenvalue weighted by molar-refractivity contribution is -0.00693. The van der Waals surface area contributed by atoms with Crippen LogP contribution in [-0.2, 0) is 9.16 Å². The number of fused-ring (bicyclic) bond motifs is 2. The van der Waals surface area contributed by atoms with Gasteiger partial charge in [-0.15, -0.1) is 0 Å². The minimum atomic E-state index is -2.74. The van der Waals surface area contributed by atoms with Crippen LogP contribution in [0, 0.1) is 5.92 Å². The first-order valence-corrected chi connectivity index (χ1v) is 15.0. The molecule has 0 radical (unpaired) electrons. The van der Waals surface area contributed by atoms with Crippen molar-refractivity contribution in [1.82, 2.24) is 10.2 Å². The molecule has 5 atom stereocenters. The van der Waals surface area contributed by atoms with Crippen molar-refractivity contribution in [3.8, 4) is 0 Å². The smallest absolute Gasteiger partial charge is 0.410 e. The predicted octanol–water partition coefficient (Wildman–Crippen LogP) is 4.30. The highest BCUT2D eigenvalue weighted by Gasteiger charge is 2.62. The molecular weight excluding hydrogens is 452 g/mol. The van der Waals surface area contributed by atoms with Crippen molar-refractivity contribution < 1.29 is 14.0 Å². The number of benzene rings is 2. The highest BCUT2D eigenvalue weighted by atomic mass is 28.4. The van der Waals surface area contributed by atoms with Gasteiger partial charge in [0.15, 0.2) is 0 Å². The van der Waals surface area contributed by atoms with E-state index in [0.717, 1.165) is 19.4 Å². The van der Waals surface area contributed by atoms with E-state index in [1.165, 1.54) is 10.4 Å². The Labute approximate surface area is 211 Å². The van der Waals surface area contributed by atoms with Crippen molar-refractivity contribution in [3.05, 3.63) is 60.7 Å². The Balaban J connectivity index is 1.60. The highest BCUT2D eigenvalue weighted by molar-refractivity contribution is 6.99. The van der Waals surface area contributed by atoms with E-state index in [4.69, 9.17) is 9.16 Å². The molecule has 0 saturated carbocycles. The molecule has 2 aromatic rings. The summed E-state index contributed by atoms with van der Waals surface area (Å²) in [5.41, 5.74) is -0.519. The zero-order valence-electron chi connectivity index (χ0n) is 22.0. The monoisotopic (exact) mass is 492 g/mol. The number of hydrogen-bond donors (Lipinski definition) is 1. The third kappa shape index (κ3) is 4.24. The molecule has 188 valence electrons. The molecule has 3 fully saturated rings. The number of nitrogens with one attached hydrogen (secondary N) is 1. The van der Waals surface area contributed by atoms with Gasteiger partial charge in [-0.05, 0) is 61.5 Å². The summed E-state index contributed by atoms with van der Waals surface area (Å²) in [6.07, 6.45) is 1.70. The fourth-order valence-electron chi connectivity index (χ4n) is 6.68. The first-order valence-electron chi connectivity index (χ1n) is 13.0. The Morgan fingerprint density at radius 1 is 0.886 bits per heavy atom. The van der Waals surface area contributed by atoms with Gasteiger partial charge in [-0.2, -0.15) is 0 Å². The van der Waals surface area contributed by atoms with Gasteiger partial charge >= 0.3 is 6.09 Å². The fraction of sp³-hybridized carbons (Fsp3) is 0.552. The van der Waals surface area contributed by atoms with E-state index in [-0.39, 0.29) is 35.4 Å². The Morgan fingerprint density at radius 3 is 1.94 bits per heavy atom. The molecule has 1 N–H and O–H groups in total. The van der Waals surface area contributed by atoms with Gasteiger partial charge in [0.25, 0.3) is 8.32 Å². The van der Waals surface area contributed by atoms with Crippen LogP contribution >= 0.6 is 0 Å². The average molecular weight is 493 g/mol. The van der Waals surface area contributed by atoms with Crippen LogP contribution in [0.1, 0.15) is 54.4 Å². The minimum absolute atomic E-state index is 0.0234. The average Bonchev–Trinajstić information content (AvgIpc) is 2.88. The molecule has 0 aliphatic carbocycles. The van der Waals surface area contributed by atoms with Gasteiger partial charge in [-0.3, -0.25) is 4.90 Å². The molecular formula is C29H40N2O3Si. The molecule has 1 amide bonds. The van der Waals surface area contributed by atoms with Crippen LogP contribution in [0.5, 0.6) is 0 Å². The third-order valence-corrected chi connectivity index (χ3v) is 13.0. The van der Waals surface area contributed by atoms with Gasteiger partial charge in [-0.25, -0.2) is 4.79 Å². The standard InChI is InChI=1S/C29H40N2O3Si/c1-28(2,3)33-27(32)31-23-17-20-18-24(31)26(25(23)30-19-20)34-35(29(4,5)6,21-13-9-7-10-14-21)22-15-11-8-12-16-22/h7-16,20,23-26,30H,17-19H2,1-6H3. The first kappa shape index (κ1) is 24.5. The van der Waals surface area contributed by atoms with Crippen LogP contribution in [-0.4, -0.2) is 55.7 Å². The topological polar surface area (TPSA) is 50.8 Å². The molecule has 5 unspecified atom stereocenters. The Morgan fingerprint density at radius 2 is 1.43 bits per heavy atom. The summed E-state index contributed by atoms with van der Waals surface area (Å²) in [6, 6.07) is 21.9. The molecule has 6 heteroatoms. The number of nitrogens with zero attached hydrogens (tertiary/aromatic N) is 1. The zero-order valence-corrected chi connectivity index (χ0v) is 23.0. The molecule has 3 saturated heterocycles. The van der Waals surface area contributed by atoms with E-state index >= 15 is 0 Å². The molecule has 5 nitrogen and oxygen atoms in total. The second kappa shape index (κ2) is 8.75. The number of amides is 1. The van der Waals surface area contributed by atoms with Crippen molar-refractivity contribution in [2.45, 2.75) is 89.3 Å². The van der Waals surface area contributed by atoms with E-state index in [1.54, 1.807) is 0 Å². The lowest BCUT2D eigenvalue weighted by Crippen LogP contribution is -2.69. The summed E-state index contributed by atoms with van der Waals surface area (Å²) in [7, 11) is -2.74. The van der Waals surface area contributed by atoms with Crippen molar-refractivity contribution in [1.29, 1.82) is 0 Å². The lowest BCUT2D eigenvalue weighted by Gasteiger charge is -2.46. The van der Waals surface area contributed by atoms with Gasteiger partial charge in [0, 0.05) is 0 Å². The second-order valence-corrected chi connectivity index (χ2v) is 16.8. The number of hydrogen-bond acceptors (Lipinski definition) is 4. The van der Waals surface area contributed by atoms with Crippen LogP contribution < -0.4 is 15.7 Å². The maximum absolute atomic E-state index is 13.4. The van der Waals surface area contributed by atoms with Gasteiger partial charge in [0.1, 0.15) is 5.60 Å². The van der Waals surface area contributed by atoms with E-state index in [2.05, 4.69) is 86.8 Å². The van der Waals surface area contributed by atoms with Crippen LogP contribution in [0.4, 0.5) is 4.79 Å². The predicted molar refractivity (Wildman–Crippen MR) is 143 cm³/mol. The molecule has 3 bridgehead atoms. The maximum Gasteiger partial charge on any atom is 0.410 e.